The Labute approximate surface area is 114 Å². The van der Waals surface area contributed by atoms with Crippen LogP contribution in [0.5, 0.6) is 0 Å². The highest BCUT2D eigenvalue weighted by molar-refractivity contribution is 5.33. The molecule has 2 aromatic rings. The van der Waals surface area contributed by atoms with Crippen molar-refractivity contribution in [1.29, 1.82) is 5.26 Å². The van der Waals surface area contributed by atoms with Gasteiger partial charge in [0.15, 0.2) is 0 Å². The van der Waals surface area contributed by atoms with Crippen molar-refractivity contribution in [2.24, 2.45) is 0 Å². The number of nitrogens with one attached hydrogen (secondary N) is 1. The molecule has 0 radical (unpaired) electrons. The summed E-state index contributed by atoms with van der Waals surface area (Å²) in [6.07, 6.45) is 2.09. The van der Waals surface area contributed by atoms with Gasteiger partial charge in [0.2, 0.25) is 0 Å². The van der Waals surface area contributed by atoms with Gasteiger partial charge in [-0.2, -0.15) is 5.26 Å². The summed E-state index contributed by atoms with van der Waals surface area (Å²) in [7, 11) is 0. The van der Waals surface area contributed by atoms with Crippen LogP contribution in [0.2, 0.25) is 0 Å². The van der Waals surface area contributed by atoms with Crippen molar-refractivity contribution in [2.75, 3.05) is 6.54 Å². The molecule has 1 aromatic heterocycles. The molecule has 0 aliphatic carbocycles. The van der Waals surface area contributed by atoms with E-state index in [-0.39, 0.29) is 0 Å². The first-order valence-corrected chi connectivity index (χ1v) is 6.62. The summed E-state index contributed by atoms with van der Waals surface area (Å²) in [6, 6.07) is 14.5. The van der Waals surface area contributed by atoms with Crippen LogP contribution in [-0.4, -0.2) is 11.1 Å². The molecule has 0 spiro atoms. The van der Waals surface area contributed by atoms with Gasteiger partial charge in [0.05, 0.1) is 11.6 Å². The second-order valence-corrected chi connectivity index (χ2v) is 4.65. The number of hydrogen-bond donors (Lipinski definition) is 1. The Balaban J connectivity index is 2.19. The van der Waals surface area contributed by atoms with Gasteiger partial charge in [-0.1, -0.05) is 19.1 Å². The van der Waals surface area contributed by atoms with Gasteiger partial charge in [0.1, 0.15) is 0 Å². The molecule has 1 aromatic carbocycles. The van der Waals surface area contributed by atoms with Gasteiger partial charge < -0.3 is 9.88 Å². The SMILES string of the molecule is CCNC(C)c1cccn1Cc1cccc(C#N)c1. The zero-order valence-corrected chi connectivity index (χ0v) is 11.4. The molecule has 2 rings (SSSR count). The van der Waals surface area contributed by atoms with Gasteiger partial charge in [-0.25, -0.2) is 0 Å². The molecule has 0 amide bonds. The van der Waals surface area contributed by atoms with Crippen molar-refractivity contribution < 1.29 is 0 Å². The number of nitrogens with zero attached hydrogens (tertiary/aromatic N) is 2. The zero-order valence-electron chi connectivity index (χ0n) is 11.4. The van der Waals surface area contributed by atoms with Crippen molar-refractivity contribution in [1.82, 2.24) is 9.88 Å². The number of rotatable bonds is 5. The third kappa shape index (κ3) is 3.24. The van der Waals surface area contributed by atoms with Crippen LogP contribution in [0.3, 0.4) is 0 Å². The summed E-state index contributed by atoms with van der Waals surface area (Å²) < 4.78 is 2.23. The molecule has 0 aliphatic heterocycles. The Hall–Kier alpha value is -2.05. The minimum atomic E-state index is 0.333. The Morgan fingerprint density at radius 2 is 2.16 bits per heavy atom. The molecule has 3 heteroatoms. The molecule has 1 N–H and O–H groups in total. The van der Waals surface area contributed by atoms with Crippen LogP contribution in [0.25, 0.3) is 0 Å². The Kier molecular flexibility index (Phi) is 4.38. The van der Waals surface area contributed by atoms with E-state index in [9.17, 15) is 0 Å². The van der Waals surface area contributed by atoms with Crippen LogP contribution < -0.4 is 5.32 Å². The van der Waals surface area contributed by atoms with Crippen molar-refractivity contribution in [3.05, 3.63) is 59.4 Å². The van der Waals surface area contributed by atoms with Gasteiger partial charge in [-0.15, -0.1) is 0 Å². The summed E-state index contributed by atoms with van der Waals surface area (Å²) in [6.45, 7) is 6.03. The maximum atomic E-state index is 8.93. The van der Waals surface area contributed by atoms with E-state index in [1.165, 1.54) is 5.69 Å². The summed E-state index contributed by atoms with van der Waals surface area (Å²) in [4.78, 5) is 0. The summed E-state index contributed by atoms with van der Waals surface area (Å²) in [5, 5.41) is 12.4. The lowest BCUT2D eigenvalue weighted by atomic mass is 10.1. The molecule has 0 saturated carbocycles. The lowest BCUT2D eigenvalue weighted by Gasteiger charge is -2.16. The van der Waals surface area contributed by atoms with Gasteiger partial charge in [0, 0.05) is 24.5 Å². The van der Waals surface area contributed by atoms with E-state index >= 15 is 0 Å². The van der Waals surface area contributed by atoms with Crippen LogP contribution >= 0.6 is 0 Å². The van der Waals surface area contributed by atoms with Crippen LogP contribution in [-0.2, 0) is 6.54 Å². The van der Waals surface area contributed by atoms with E-state index in [1.54, 1.807) is 0 Å². The van der Waals surface area contributed by atoms with Gasteiger partial charge >= 0.3 is 0 Å². The van der Waals surface area contributed by atoms with Gasteiger partial charge in [-0.05, 0) is 43.3 Å². The second-order valence-electron chi connectivity index (χ2n) is 4.65. The van der Waals surface area contributed by atoms with Crippen molar-refractivity contribution in [3.8, 4) is 6.07 Å². The third-order valence-electron chi connectivity index (χ3n) is 3.23. The topological polar surface area (TPSA) is 40.8 Å². The second kappa shape index (κ2) is 6.21. The number of nitriles is 1. The Morgan fingerprint density at radius 3 is 2.89 bits per heavy atom. The highest BCUT2D eigenvalue weighted by Gasteiger charge is 2.09. The quantitative estimate of drug-likeness (QED) is 0.889. The minimum Gasteiger partial charge on any atom is -0.346 e. The fourth-order valence-electron chi connectivity index (χ4n) is 2.31. The highest BCUT2D eigenvalue weighted by atomic mass is 15.0. The van der Waals surface area contributed by atoms with Gasteiger partial charge in [0.25, 0.3) is 0 Å². The third-order valence-corrected chi connectivity index (χ3v) is 3.23. The molecule has 0 bridgehead atoms. The van der Waals surface area contributed by atoms with E-state index in [4.69, 9.17) is 5.26 Å². The van der Waals surface area contributed by atoms with E-state index < -0.39 is 0 Å². The summed E-state index contributed by atoms with van der Waals surface area (Å²) in [5.74, 6) is 0. The summed E-state index contributed by atoms with van der Waals surface area (Å²) in [5.41, 5.74) is 3.13. The molecule has 3 nitrogen and oxygen atoms in total. The van der Waals surface area contributed by atoms with Crippen molar-refractivity contribution in [3.63, 3.8) is 0 Å². The van der Waals surface area contributed by atoms with Crippen LogP contribution in [0.15, 0.2) is 42.6 Å². The molecular weight excluding hydrogens is 234 g/mol. The van der Waals surface area contributed by atoms with Crippen molar-refractivity contribution in [2.45, 2.75) is 26.4 Å². The zero-order chi connectivity index (χ0) is 13.7. The number of aromatic nitrogens is 1. The fraction of sp³-hybridized carbons (Fsp3) is 0.312. The molecule has 0 aliphatic rings. The van der Waals surface area contributed by atoms with Gasteiger partial charge in [-0.3, -0.25) is 0 Å². The Bertz CT molecular complexity index is 578. The van der Waals surface area contributed by atoms with Crippen LogP contribution in [0.1, 0.15) is 36.7 Å². The normalized spacial score (nSPS) is 12.1. The smallest absolute Gasteiger partial charge is 0.0991 e. The first-order chi connectivity index (χ1) is 9.24. The largest absolute Gasteiger partial charge is 0.346 e. The molecule has 1 unspecified atom stereocenters. The fourth-order valence-corrected chi connectivity index (χ4v) is 2.31. The predicted octanol–water partition coefficient (Wildman–Crippen LogP) is 3.08. The standard InChI is InChI=1S/C16H19N3/c1-3-18-13(2)16-8-5-9-19(16)12-15-7-4-6-14(10-15)11-17/h4-10,13,18H,3,12H2,1-2H3. The average Bonchev–Trinajstić information content (AvgIpc) is 2.87. The summed E-state index contributed by atoms with van der Waals surface area (Å²) >= 11 is 0. The van der Waals surface area contributed by atoms with Crippen LogP contribution in [0, 0.1) is 11.3 Å². The molecule has 0 saturated heterocycles. The lowest BCUT2D eigenvalue weighted by Crippen LogP contribution is -2.20. The molecular formula is C16H19N3. The first kappa shape index (κ1) is 13.4. The minimum absolute atomic E-state index is 0.333. The monoisotopic (exact) mass is 253 g/mol. The molecule has 1 atom stereocenters. The van der Waals surface area contributed by atoms with E-state index in [2.05, 4.69) is 54.2 Å². The van der Waals surface area contributed by atoms with E-state index in [0.29, 0.717) is 11.6 Å². The molecule has 0 fully saturated rings. The van der Waals surface area contributed by atoms with Crippen molar-refractivity contribution >= 4 is 0 Å². The maximum absolute atomic E-state index is 8.93. The maximum Gasteiger partial charge on any atom is 0.0991 e. The first-order valence-electron chi connectivity index (χ1n) is 6.62. The number of benzene rings is 1. The molecule has 19 heavy (non-hydrogen) atoms. The van der Waals surface area contributed by atoms with Crippen LogP contribution in [0.4, 0.5) is 0 Å². The average molecular weight is 253 g/mol. The highest BCUT2D eigenvalue weighted by Crippen LogP contribution is 2.15. The lowest BCUT2D eigenvalue weighted by molar-refractivity contribution is 0.553. The Morgan fingerprint density at radius 1 is 1.32 bits per heavy atom. The molecule has 98 valence electrons. The van der Waals surface area contributed by atoms with E-state index in [0.717, 1.165) is 18.7 Å². The predicted molar refractivity (Wildman–Crippen MR) is 76.8 cm³/mol. The number of hydrogen-bond acceptors (Lipinski definition) is 2. The molecule has 1 heterocycles. The van der Waals surface area contributed by atoms with E-state index in [1.807, 2.05) is 18.2 Å².